The molecule has 0 fully saturated rings. The molecule has 0 atom stereocenters. The van der Waals surface area contributed by atoms with Crippen molar-refractivity contribution < 1.29 is 4.79 Å². The molecular weight excluding hydrogens is 362 g/mol. The van der Waals surface area contributed by atoms with Crippen LogP contribution in [0.15, 0.2) is 48.5 Å². The molecule has 0 saturated carbocycles. The number of aromatic nitrogens is 2. The maximum absolute atomic E-state index is 11.2. The molecule has 136 valence electrons. The minimum absolute atomic E-state index is 0.0943. The number of rotatable bonds is 4. The summed E-state index contributed by atoms with van der Waals surface area (Å²) in [6, 6.07) is 14.7. The summed E-state index contributed by atoms with van der Waals surface area (Å²) >= 11 is 5.97. The molecule has 0 spiro atoms. The van der Waals surface area contributed by atoms with E-state index in [1.54, 1.807) is 12.1 Å². The lowest BCUT2D eigenvalue weighted by Gasteiger charge is -2.10. The van der Waals surface area contributed by atoms with Crippen LogP contribution < -0.4 is 16.8 Å². The highest BCUT2D eigenvalue weighted by molar-refractivity contribution is 6.30. The van der Waals surface area contributed by atoms with Crippen molar-refractivity contribution >= 4 is 47.1 Å². The molecule has 6 nitrogen and oxygen atoms in total. The highest BCUT2D eigenvalue weighted by Gasteiger charge is 2.12. The number of carbonyl (C=O) groups is 1. The third-order valence-corrected chi connectivity index (χ3v) is 4.01. The van der Waals surface area contributed by atoms with Crippen molar-refractivity contribution in [3.63, 3.8) is 0 Å². The highest BCUT2D eigenvalue weighted by atomic mass is 35.5. The fourth-order valence-electron chi connectivity index (χ4n) is 2.65. The van der Waals surface area contributed by atoms with E-state index in [2.05, 4.69) is 15.3 Å². The maximum atomic E-state index is 11.2. The molecule has 0 radical (unpaired) electrons. The third kappa shape index (κ3) is 4.62. The lowest BCUT2D eigenvalue weighted by Crippen LogP contribution is -2.05. The van der Waals surface area contributed by atoms with Gasteiger partial charge < -0.3 is 16.8 Å². The SMILES string of the molecule is CC(=O)Nc1cccc(C=Cc2nc(N)nc(N)c2-c2ccc(Cl)cc2)c1. The Morgan fingerprint density at radius 3 is 2.52 bits per heavy atom. The van der Waals surface area contributed by atoms with Crippen LogP contribution in [0, 0.1) is 0 Å². The smallest absolute Gasteiger partial charge is 0.222 e. The van der Waals surface area contributed by atoms with Gasteiger partial charge in [0.25, 0.3) is 0 Å². The van der Waals surface area contributed by atoms with Crippen LogP contribution in [0.2, 0.25) is 5.02 Å². The van der Waals surface area contributed by atoms with Gasteiger partial charge in [0.15, 0.2) is 0 Å². The van der Waals surface area contributed by atoms with Gasteiger partial charge >= 0.3 is 0 Å². The largest absolute Gasteiger partial charge is 0.383 e. The Morgan fingerprint density at radius 2 is 1.81 bits per heavy atom. The summed E-state index contributed by atoms with van der Waals surface area (Å²) in [5, 5.41) is 3.38. The first-order valence-corrected chi connectivity index (χ1v) is 8.55. The predicted molar refractivity (Wildman–Crippen MR) is 111 cm³/mol. The molecule has 7 heteroatoms. The molecule has 5 N–H and O–H groups in total. The summed E-state index contributed by atoms with van der Waals surface area (Å²) < 4.78 is 0. The van der Waals surface area contributed by atoms with Crippen LogP contribution >= 0.6 is 11.6 Å². The number of nitrogens with one attached hydrogen (secondary N) is 1. The normalized spacial score (nSPS) is 10.9. The van der Waals surface area contributed by atoms with E-state index in [-0.39, 0.29) is 17.7 Å². The van der Waals surface area contributed by atoms with Gasteiger partial charge in [-0.1, -0.05) is 41.9 Å². The third-order valence-electron chi connectivity index (χ3n) is 3.76. The molecule has 0 aliphatic heterocycles. The van der Waals surface area contributed by atoms with Crippen LogP contribution in [0.3, 0.4) is 0 Å². The van der Waals surface area contributed by atoms with E-state index in [4.69, 9.17) is 23.1 Å². The van der Waals surface area contributed by atoms with Gasteiger partial charge in [-0.05, 0) is 41.5 Å². The van der Waals surface area contributed by atoms with Crippen molar-refractivity contribution in [3.05, 3.63) is 64.8 Å². The molecule has 0 aliphatic rings. The molecular formula is C20H18ClN5O. The molecule has 0 saturated heterocycles. The van der Waals surface area contributed by atoms with E-state index < -0.39 is 0 Å². The Kier molecular flexibility index (Phi) is 5.38. The number of halogens is 1. The first-order chi connectivity index (χ1) is 12.9. The van der Waals surface area contributed by atoms with Gasteiger partial charge in [-0.3, -0.25) is 4.79 Å². The summed E-state index contributed by atoms with van der Waals surface area (Å²) in [5.74, 6) is 0.255. The van der Waals surface area contributed by atoms with Crippen LogP contribution in [0.25, 0.3) is 23.3 Å². The van der Waals surface area contributed by atoms with Crippen LogP contribution in [0.5, 0.6) is 0 Å². The van der Waals surface area contributed by atoms with Crippen molar-refractivity contribution in [1.29, 1.82) is 0 Å². The molecule has 0 unspecified atom stereocenters. The zero-order valence-corrected chi connectivity index (χ0v) is 15.4. The first kappa shape index (κ1) is 18.4. The molecule has 0 aliphatic carbocycles. The van der Waals surface area contributed by atoms with Gasteiger partial charge in [-0.15, -0.1) is 0 Å². The second kappa shape index (κ2) is 7.88. The van der Waals surface area contributed by atoms with E-state index in [9.17, 15) is 4.79 Å². The van der Waals surface area contributed by atoms with Crippen molar-refractivity contribution in [2.45, 2.75) is 6.92 Å². The van der Waals surface area contributed by atoms with E-state index in [1.165, 1.54) is 6.92 Å². The number of amides is 1. The summed E-state index contributed by atoms with van der Waals surface area (Å²) in [6.07, 6.45) is 3.68. The fraction of sp³-hybridized carbons (Fsp3) is 0.0500. The van der Waals surface area contributed by atoms with Crippen LogP contribution in [0.1, 0.15) is 18.2 Å². The van der Waals surface area contributed by atoms with E-state index >= 15 is 0 Å². The number of nitrogens with zero attached hydrogens (tertiary/aromatic N) is 2. The first-order valence-electron chi connectivity index (χ1n) is 8.17. The summed E-state index contributed by atoms with van der Waals surface area (Å²) in [4.78, 5) is 19.6. The number of nitrogen functional groups attached to an aromatic ring is 2. The zero-order chi connectivity index (χ0) is 19.4. The van der Waals surface area contributed by atoms with E-state index in [1.807, 2.05) is 48.6 Å². The topological polar surface area (TPSA) is 107 Å². The monoisotopic (exact) mass is 379 g/mol. The van der Waals surface area contributed by atoms with Crippen LogP contribution in [-0.2, 0) is 4.79 Å². The van der Waals surface area contributed by atoms with E-state index in [0.717, 1.165) is 11.1 Å². The summed E-state index contributed by atoms with van der Waals surface area (Å²) in [5.41, 5.74) is 15.6. The van der Waals surface area contributed by atoms with Crippen molar-refractivity contribution in [1.82, 2.24) is 9.97 Å². The van der Waals surface area contributed by atoms with Gasteiger partial charge in [-0.2, -0.15) is 4.98 Å². The minimum Gasteiger partial charge on any atom is -0.383 e. The molecule has 1 amide bonds. The van der Waals surface area contributed by atoms with Crippen LogP contribution in [0.4, 0.5) is 17.5 Å². The molecule has 0 bridgehead atoms. The Labute approximate surface area is 161 Å². The molecule has 2 aromatic carbocycles. The molecule has 27 heavy (non-hydrogen) atoms. The van der Waals surface area contributed by atoms with Gasteiger partial charge in [0, 0.05) is 23.2 Å². The summed E-state index contributed by atoms with van der Waals surface area (Å²) in [7, 11) is 0. The second-order valence-electron chi connectivity index (χ2n) is 5.87. The minimum atomic E-state index is -0.127. The Morgan fingerprint density at radius 1 is 1.07 bits per heavy atom. The highest BCUT2D eigenvalue weighted by Crippen LogP contribution is 2.30. The number of hydrogen-bond acceptors (Lipinski definition) is 5. The molecule has 3 aromatic rings. The molecule has 3 rings (SSSR count). The Bertz CT molecular complexity index is 1020. The Hall–Kier alpha value is -3.38. The van der Waals surface area contributed by atoms with Gasteiger partial charge in [0.05, 0.1) is 5.69 Å². The second-order valence-corrected chi connectivity index (χ2v) is 6.31. The summed E-state index contributed by atoms with van der Waals surface area (Å²) in [6.45, 7) is 1.47. The van der Waals surface area contributed by atoms with Crippen LogP contribution in [-0.4, -0.2) is 15.9 Å². The van der Waals surface area contributed by atoms with Crippen molar-refractivity contribution in [2.24, 2.45) is 0 Å². The average molecular weight is 380 g/mol. The predicted octanol–water partition coefficient (Wildman–Crippen LogP) is 4.09. The van der Waals surface area contributed by atoms with Crippen molar-refractivity contribution in [3.8, 4) is 11.1 Å². The number of carbonyl (C=O) groups excluding carboxylic acids is 1. The zero-order valence-electron chi connectivity index (χ0n) is 14.6. The average Bonchev–Trinajstić information content (AvgIpc) is 2.60. The van der Waals surface area contributed by atoms with Gasteiger partial charge in [-0.25, -0.2) is 4.98 Å². The standard InChI is InChI=1S/C20H18ClN5O/c1-12(27)24-16-4-2-3-13(11-16)5-10-17-18(19(22)26-20(23)25-17)14-6-8-15(21)9-7-14/h2-11H,1H3,(H,24,27)(H4,22,23,25,26). The number of nitrogens with two attached hydrogens (primary N) is 2. The number of benzene rings is 2. The lowest BCUT2D eigenvalue weighted by molar-refractivity contribution is -0.114. The van der Waals surface area contributed by atoms with Gasteiger partial charge in [0.1, 0.15) is 5.82 Å². The molecule has 1 aromatic heterocycles. The van der Waals surface area contributed by atoms with Gasteiger partial charge in [0.2, 0.25) is 11.9 Å². The maximum Gasteiger partial charge on any atom is 0.222 e. The number of hydrogen-bond donors (Lipinski definition) is 3. The van der Waals surface area contributed by atoms with Crippen molar-refractivity contribution in [2.75, 3.05) is 16.8 Å². The molecule has 1 heterocycles. The lowest BCUT2D eigenvalue weighted by atomic mass is 10.0. The van der Waals surface area contributed by atoms with E-state index in [0.29, 0.717) is 22.0 Å². The Balaban J connectivity index is 2.00. The quantitative estimate of drug-likeness (QED) is 0.632. The fourth-order valence-corrected chi connectivity index (χ4v) is 2.77. The number of anilines is 3.